The highest BCUT2D eigenvalue weighted by Gasteiger charge is 2.05. The van der Waals surface area contributed by atoms with Gasteiger partial charge in [0.25, 0.3) is 0 Å². The van der Waals surface area contributed by atoms with Crippen LogP contribution in [-0.2, 0) is 11.3 Å². The van der Waals surface area contributed by atoms with E-state index < -0.39 is 5.97 Å². The first-order valence-electron chi connectivity index (χ1n) is 6.40. The van der Waals surface area contributed by atoms with E-state index >= 15 is 0 Å². The van der Waals surface area contributed by atoms with Crippen LogP contribution in [0.2, 0.25) is 0 Å². The van der Waals surface area contributed by atoms with Crippen LogP contribution in [0, 0.1) is 6.92 Å². The van der Waals surface area contributed by atoms with Gasteiger partial charge < -0.3 is 15.0 Å². The van der Waals surface area contributed by atoms with E-state index in [4.69, 9.17) is 5.11 Å². The number of aromatic amines is 1. The minimum Gasteiger partial charge on any atom is -0.481 e. The van der Waals surface area contributed by atoms with Crippen LogP contribution in [0.15, 0.2) is 18.2 Å². The van der Waals surface area contributed by atoms with Gasteiger partial charge in [0.15, 0.2) is 0 Å². The summed E-state index contributed by atoms with van der Waals surface area (Å²) in [5.74, 6) is 0.185. The molecule has 19 heavy (non-hydrogen) atoms. The molecule has 0 amide bonds. The lowest BCUT2D eigenvalue weighted by Gasteiger charge is -2.15. The number of rotatable bonds is 6. The Morgan fingerprint density at radius 3 is 3.00 bits per heavy atom. The quantitative estimate of drug-likeness (QED) is 0.836. The van der Waals surface area contributed by atoms with Crippen LogP contribution in [-0.4, -0.2) is 39.5 Å². The summed E-state index contributed by atoms with van der Waals surface area (Å²) < 4.78 is 0. The molecular formula is C14H19N3O2. The number of hydrogen-bond donors (Lipinski definition) is 2. The van der Waals surface area contributed by atoms with Gasteiger partial charge >= 0.3 is 5.97 Å². The summed E-state index contributed by atoms with van der Waals surface area (Å²) in [4.78, 5) is 20.2. The predicted molar refractivity (Wildman–Crippen MR) is 74.0 cm³/mol. The van der Waals surface area contributed by atoms with Crippen molar-refractivity contribution in [3.8, 4) is 0 Å². The van der Waals surface area contributed by atoms with Crippen LogP contribution < -0.4 is 0 Å². The molecule has 5 heteroatoms. The first kappa shape index (κ1) is 13.5. The highest BCUT2D eigenvalue weighted by Crippen LogP contribution is 2.14. The number of benzene rings is 1. The third-order valence-electron chi connectivity index (χ3n) is 3.05. The van der Waals surface area contributed by atoms with E-state index in [2.05, 4.69) is 27.0 Å². The Hall–Kier alpha value is -1.88. The monoisotopic (exact) mass is 261 g/mol. The fourth-order valence-electron chi connectivity index (χ4n) is 2.17. The molecule has 1 aromatic carbocycles. The molecule has 0 saturated carbocycles. The van der Waals surface area contributed by atoms with Gasteiger partial charge in [0.05, 0.1) is 11.0 Å². The minimum absolute atomic E-state index is 0.225. The van der Waals surface area contributed by atoms with Gasteiger partial charge in [-0.05, 0) is 44.6 Å². The molecule has 0 saturated heterocycles. The van der Waals surface area contributed by atoms with E-state index in [1.807, 2.05) is 20.0 Å². The smallest absolute Gasteiger partial charge is 0.303 e. The zero-order valence-corrected chi connectivity index (χ0v) is 11.3. The number of aromatic nitrogens is 2. The molecule has 0 fully saturated rings. The van der Waals surface area contributed by atoms with Crippen LogP contribution >= 0.6 is 0 Å². The lowest BCUT2D eigenvalue weighted by atomic mass is 10.2. The van der Waals surface area contributed by atoms with Gasteiger partial charge in [0.1, 0.15) is 5.82 Å². The predicted octanol–water partition coefficient (Wildman–Crippen LogP) is 2.17. The summed E-state index contributed by atoms with van der Waals surface area (Å²) in [7, 11) is 2.00. The lowest BCUT2D eigenvalue weighted by Crippen LogP contribution is -2.19. The number of carboxylic acid groups (broad SMARTS) is 1. The normalized spacial score (nSPS) is 11.3. The molecule has 2 aromatic rings. The van der Waals surface area contributed by atoms with Gasteiger partial charge in [-0.1, -0.05) is 6.07 Å². The minimum atomic E-state index is -0.734. The third kappa shape index (κ3) is 3.79. The number of fused-ring (bicyclic) bond motifs is 1. The van der Waals surface area contributed by atoms with Crippen molar-refractivity contribution in [3.05, 3.63) is 29.6 Å². The molecule has 5 nitrogen and oxygen atoms in total. The number of aryl methyl sites for hydroxylation is 1. The van der Waals surface area contributed by atoms with Crippen molar-refractivity contribution in [1.29, 1.82) is 0 Å². The number of nitrogens with zero attached hydrogens (tertiary/aromatic N) is 2. The summed E-state index contributed by atoms with van der Waals surface area (Å²) in [5.41, 5.74) is 3.23. The molecule has 0 aliphatic carbocycles. The Labute approximate surface area is 112 Å². The second-order valence-electron chi connectivity index (χ2n) is 4.91. The number of imidazole rings is 1. The molecule has 0 radical (unpaired) electrons. The largest absolute Gasteiger partial charge is 0.481 e. The third-order valence-corrected chi connectivity index (χ3v) is 3.05. The van der Waals surface area contributed by atoms with E-state index in [9.17, 15) is 4.79 Å². The van der Waals surface area contributed by atoms with E-state index in [1.165, 1.54) is 5.56 Å². The molecule has 102 valence electrons. The average Bonchev–Trinajstić information content (AvgIpc) is 2.67. The molecule has 1 aromatic heterocycles. The van der Waals surface area contributed by atoms with Crippen molar-refractivity contribution in [1.82, 2.24) is 14.9 Å². The molecule has 0 spiro atoms. The lowest BCUT2D eigenvalue weighted by molar-refractivity contribution is -0.137. The fraction of sp³-hybridized carbons (Fsp3) is 0.429. The Bertz CT molecular complexity index is 577. The van der Waals surface area contributed by atoms with Gasteiger partial charge in [-0.25, -0.2) is 4.98 Å². The van der Waals surface area contributed by atoms with Gasteiger partial charge in [0.2, 0.25) is 0 Å². The van der Waals surface area contributed by atoms with Crippen molar-refractivity contribution in [2.24, 2.45) is 0 Å². The van der Waals surface area contributed by atoms with Crippen molar-refractivity contribution < 1.29 is 9.90 Å². The zero-order valence-electron chi connectivity index (χ0n) is 11.3. The van der Waals surface area contributed by atoms with E-state index in [1.54, 1.807) is 0 Å². The summed E-state index contributed by atoms with van der Waals surface area (Å²) in [6.07, 6.45) is 0.903. The van der Waals surface area contributed by atoms with Gasteiger partial charge in [-0.2, -0.15) is 0 Å². The van der Waals surface area contributed by atoms with Crippen LogP contribution in [0.1, 0.15) is 24.2 Å². The van der Waals surface area contributed by atoms with Crippen LogP contribution in [0.5, 0.6) is 0 Å². The molecule has 0 aliphatic heterocycles. The molecule has 0 unspecified atom stereocenters. The highest BCUT2D eigenvalue weighted by atomic mass is 16.4. The number of H-pyrrole nitrogens is 1. The van der Waals surface area contributed by atoms with Crippen molar-refractivity contribution in [2.75, 3.05) is 13.6 Å². The zero-order chi connectivity index (χ0) is 13.8. The molecule has 0 atom stereocenters. The second-order valence-corrected chi connectivity index (χ2v) is 4.91. The number of carbonyl (C=O) groups is 1. The number of hydrogen-bond acceptors (Lipinski definition) is 3. The van der Waals surface area contributed by atoms with E-state index in [0.29, 0.717) is 6.42 Å². The first-order chi connectivity index (χ1) is 9.04. The summed E-state index contributed by atoms with van der Waals surface area (Å²) in [6, 6.07) is 6.18. The summed E-state index contributed by atoms with van der Waals surface area (Å²) >= 11 is 0. The first-order valence-corrected chi connectivity index (χ1v) is 6.40. The van der Waals surface area contributed by atoms with Gasteiger partial charge in [0, 0.05) is 13.0 Å². The maximum atomic E-state index is 10.5. The van der Waals surface area contributed by atoms with E-state index in [-0.39, 0.29) is 6.42 Å². The molecule has 1 heterocycles. The highest BCUT2D eigenvalue weighted by molar-refractivity contribution is 5.75. The van der Waals surface area contributed by atoms with Crippen molar-refractivity contribution >= 4 is 17.0 Å². The molecule has 0 bridgehead atoms. The Morgan fingerprint density at radius 1 is 1.47 bits per heavy atom. The van der Waals surface area contributed by atoms with Crippen LogP contribution in [0.4, 0.5) is 0 Å². The molecule has 2 rings (SSSR count). The second kappa shape index (κ2) is 5.84. The Morgan fingerprint density at radius 2 is 2.26 bits per heavy atom. The SMILES string of the molecule is Cc1nc2ccc(CN(C)CCCC(=O)O)cc2[nH]1. The van der Waals surface area contributed by atoms with Gasteiger partial charge in [-0.15, -0.1) is 0 Å². The standard InChI is InChI=1S/C14H19N3O2/c1-10-15-12-6-5-11(8-13(12)16-10)9-17(2)7-3-4-14(18)19/h5-6,8H,3-4,7,9H2,1-2H3,(H,15,16)(H,18,19). The molecule has 0 aliphatic rings. The fourth-order valence-corrected chi connectivity index (χ4v) is 2.17. The van der Waals surface area contributed by atoms with Crippen molar-refractivity contribution in [3.63, 3.8) is 0 Å². The Balaban J connectivity index is 1.94. The maximum absolute atomic E-state index is 10.5. The topological polar surface area (TPSA) is 69.2 Å². The maximum Gasteiger partial charge on any atom is 0.303 e. The van der Waals surface area contributed by atoms with Crippen LogP contribution in [0.3, 0.4) is 0 Å². The van der Waals surface area contributed by atoms with E-state index in [0.717, 1.165) is 29.9 Å². The average molecular weight is 261 g/mol. The summed E-state index contributed by atoms with van der Waals surface area (Å²) in [6.45, 7) is 3.54. The number of nitrogens with one attached hydrogen (secondary N) is 1. The van der Waals surface area contributed by atoms with Crippen molar-refractivity contribution in [2.45, 2.75) is 26.3 Å². The number of carboxylic acids is 1. The van der Waals surface area contributed by atoms with Gasteiger partial charge in [-0.3, -0.25) is 4.79 Å². The number of aliphatic carboxylic acids is 1. The Kier molecular flexibility index (Phi) is 4.16. The molecular weight excluding hydrogens is 242 g/mol. The van der Waals surface area contributed by atoms with Crippen LogP contribution in [0.25, 0.3) is 11.0 Å². The summed E-state index contributed by atoms with van der Waals surface area (Å²) in [5, 5.41) is 8.61. The molecule has 2 N–H and O–H groups in total.